The third-order valence-corrected chi connectivity index (χ3v) is 10.1. The van der Waals surface area contributed by atoms with Gasteiger partial charge in [-0.2, -0.15) is 4.98 Å². The van der Waals surface area contributed by atoms with Crippen molar-refractivity contribution in [2.45, 2.75) is 102 Å². The predicted octanol–water partition coefficient (Wildman–Crippen LogP) is 6.11. The topological polar surface area (TPSA) is 124 Å². The van der Waals surface area contributed by atoms with Crippen LogP contribution >= 0.6 is 11.3 Å². The molecule has 0 spiro atoms. The van der Waals surface area contributed by atoms with E-state index in [0.29, 0.717) is 45.1 Å². The molecule has 7 rings (SSSR count). The summed E-state index contributed by atoms with van der Waals surface area (Å²) in [5.74, 6) is 0.588. The van der Waals surface area contributed by atoms with Gasteiger partial charge in [-0.15, -0.1) is 11.3 Å². The van der Waals surface area contributed by atoms with Crippen molar-refractivity contribution in [3.05, 3.63) is 58.2 Å². The van der Waals surface area contributed by atoms with Gasteiger partial charge in [-0.3, -0.25) is 4.79 Å². The Kier molecular flexibility index (Phi) is 7.93. The van der Waals surface area contributed by atoms with Crippen LogP contribution in [0, 0.1) is 6.92 Å². The highest BCUT2D eigenvalue weighted by atomic mass is 32.1. The summed E-state index contributed by atoms with van der Waals surface area (Å²) in [5, 5.41) is 0.399. The molecule has 3 fully saturated rings. The molecule has 0 amide bonds. The largest absolute Gasteiger partial charge is 0.496 e. The number of rotatable bonds is 10. The van der Waals surface area contributed by atoms with Crippen LogP contribution in [0.1, 0.15) is 76.5 Å². The fourth-order valence-electron chi connectivity index (χ4n) is 6.63. The first-order chi connectivity index (χ1) is 22.1. The Hall–Kier alpha value is -3.74. The number of ether oxygens (including phenoxy) is 5. The van der Waals surface area contributed by atoms with Crippen LogP contribution in [0.25, 0.3) is 21.0 Å². The number of esters is 1. The number of thiophene rings is 1. The van der Waals surface area contributed by atoms with E-state index in [2.05, 4.69) is 4.98 Å². The van der Waals surface area contributed by atoms with E-state index in [1.54, 1.807) is 13.3 Å². The second kappa shape index (κ2) is 11.8. The second-order valence-corrected chi connectivity index (χ2v) is 14.4. The van der Waals surface area contributed by atoms with E-state index in [-0.39, 0.29) is 36.5 Å². The van der Waals surface area contributed by atoms with Crippen LogP contribution in [-0.2, 0) is 24.5 Å². The van der Waals surface area contributed by atoms with Gasteiger partial charge in [-0.1, -0.05) is 18.2 Å². The highest BCUT2D eigenvalue weighted by molar-refractivity contribution is 7.22. The molecule has 5 heterocycles. The number of hydrogen-bond acceptors (Lipinski definition) is 11. The van der Waals surface area contributed by atoms with Gasteiger partial charge in [0, 0.05) is 5.56 Å². The first kappa shape index (κ1) is 30.9. The molecule has 2 unspecified atom stereocenters. The third-order valence-electron chi connectivity index (χ3n) is 8.94. The van der Waals surface area contributed by atoms with E-state index in [1.165, 1.54) is 22.2 Å². The molecule has 2 aliphatic heterocycles. The van der Waals surface area contributed by atoms with Crippen molar-refractivity contribution < 1.29 is 32.9 Å². The minimum Gasteiger partial charge on any atom is -0.496 e. The minimum absolute atomic E-state index is 0.0257. The number of nitrogens with zero attached hydrogens (tertiary/aromatic N) is 3. The Labute approximate surface area is 270 Å². The molecule has 0 N–H and O–H groups in total. The lowest BCUT2D eigenvalue weighted by Crippen LogP contribution is -2.42. The van der Waals surface area contributed by atoms with Crippen LogP contribution in [0.4, 0.5) is 0 Å². The van der Waals surface area contributed by atoms with Crippen molar-refractivity contribution in [2.75, 3.05) is 13.7 Å². The lowest BCUT2D eigenvalue weighted by atomic mass is 10.0. The molecule has 2 saturated heterocycles. The number of aromatic nitrogens is 3. The molecule has 244 valence electrons. The summed E-state index contributed by atoms with van der Waals surface area (Å²) in [6.45, 7) is 7.31. The van der Waals surface area contributed by atoms with Crippen LogP contribution in [0.3, 0.4) is 0 Å². The fourth-order valence-corrected chi connectivity index (χ4v) is 7.73. The summed E-state index contributed by atoms with van der Waals surface area (Å²) in [4.78, 5) is 38.5. The molecule has 12 heteroatoms. The van der Waals surface area contributed by atoms with E-state index >= 15 is 0 Å². The summed E-state index contributed by atoms with van der Waals surface area (Å²) < 4.78 is 37.8. The first-order valence-electron chi connectivity index (χ1n) is 15.8. The Morgan fingerprint density at radius 1 is 1.17 bits per heavy atom. The standard InChI is InChI=1S/C34H39N3O8S/c1-19-26-29(46-27(19)28-35-14-15-41-28)36-32(37(30(26)38)34(12-13-34)31(39)45-33(2,3)4)42-18-25(23-8-6-7-9-24(23)40-5)44-22-16-20-10-11-21(17-22)43-20/h6-9,14-15,20-22,25H,10-13,16-18H2,1-5H3/t20-,21+,22?,25?. The van der Waals surface area contributed by atoms with Crippen molar-refractivity contribution in [2.24, 2.45) is 0 Å². The number of aryl methyl sites for hydroxylation is 1. The number of fused-ring (bicyclic) bond motifs is 3. The quantitative estimate of drug-likeness (QED) is 0.186. The molecule has 0 radical (unpaired) electrons. The van der Waals surface area contributed by atoms with Crippen molar-refractivity contribution >= 4 is 27.5 Å². The highest BCUT2D eigenvalue weighted by Gasteiger charge is 2.57. The van der Waals surface area contributed by atoms with E-state index < -0.39 is 23.2 Å². The minimum atomic E-state index is -1.22. The zero-order chi connectivity index (χ0) is 32.2. The van der Waals surface area contributed by atoms with Crippen LogP contribution in [0.5, 0.6) is 11.8 Å². The molecular weight excluding hydrogens is 610 g/mol. The average Bonchev–Trinajstić information content (AvgIpc) is 3.30. The first-order valence-corrected chi connectivity index (χ1v) is 16.6. The normalized spacial score (nSPS) is 22.5. The van der Waals surface area contributed by atoms with Gasteiger partial charge in [0.1, 0.15) is 40.7 Å². The summed E-state index contributed by atoms with van der Waals surface area (Å²) in [5.41, 5.74) is -0.823. The fraction of sp³-hybridized carbons (Fsp3) is 0.529. The maximum Gasteiger partial charge on any atom is 0.333 e. The number of para-hydroxylation sites is 1. The van der Waals surface area contributed by atoms with Crippen LogP contribution in [0.15, 0.2) is 45.9 Å². The Bertz CT molecular complexity index is 1790. The van der Waals surface area contributed by atoms with Crippen molar-refractivity contribution in [3.63, 3.8) is 0 Å². The van der Waals surface area contributed by atoms with E-state index in [4.69, 9.17) is 33.1 Å². The van der Waals surface area contributed by atoms with Gasteiger partial charge < -0.3 is 28.1 Å². The Balaban J connectivity index is 1.29. The van der Waals surface area contributed by atoms with Gasteiger partial charge in [0.25, 0.3) is 5.56 Å². The number of carbonyl (C=O) groups excluding carboxylic acids is 1. The molecule has 1 aromatic carbocycles. The predicted molar refractivity (Wildman–Crippen MR) is 170 cm³/mol. The smallest absolute Gasteiger partial charge is 0.333 e. The Morgan fingerprint density at radius 2 is 1.91 bits per heavy atom. The number of benzene rings is 1. The van der Waals surface area contributed by atoms with Gasteiger partial charge in [0.2, 0.25) is 5.89 Å². The van der Waals surface area contributed by atoms with E-state index in [1.807, 2.05) is 52.0 Å². The molecule has 46 heavy (non-hydrogen) atoms. The molecule has 3 aromatic heterocycles. The summed E-state index contributed by atoms with van der Waals surface area (Å²) in [6, 6.07) is 7.72. The Morgan fingerprint density at radius 3 is 2.57 bits per heavy atom. The van der Waals surface area contributed by atoms with Gasteiger partial charge in [-0.25, -0.2) is 14.3 Å². The molecule has 4 aromatic rings. The van der Waals surface area contributed by atoms with Crippen molar-refractivity contribution in [1.29, 1.82) is 0 Å². The maximum absolute atomic E-state index is 14.4. The van der Waals surface area contributed by atoms with Crippen molar-refractivity contribution in [1.82, 2.24) is 14.5 Å². The average molecular weight is 650 g/mol. The van der Waals surface area contributed by atoms with E-state index in [0.717, 1.165) is 31.2 Å². The van der Waals surface area contributed by atoms with Gasteiger partial charge in [-0.05, 0) is 77.8 Å². The SMILES string of the molecule is COc1ccccc1C(COc1nc2sc(-c3ncco3)c(C)c2c(=O)n1C1(C(=O)OC(C)(C)C)CC1)OC1C[C@H]2CC[C@@H](C1)O2. The monoisotopic (exact) mass is 649 g/mol. The number of methoxy groups -OCH3 is 1. The summed E-state index contributed by atoms with van der Waals surface area (Å²) >= 11 is 1.30. The van der Waals surface area contributed by atoms with Gasteiger partial charge in [0.05, 0.1) is 41.9 Å². The van der Waals surface area contributed by atoms with E-state index in [9.17, 15) is 9.59 Å². The number of carbonyl (C=O) groups is 1. The molecule has 4 atom stereocenters. The zero-order valence-corrected chi connectivity index (χ0v) is 27.6. The van der Waals surface area contributed by atoms with Crippen LogP contribution < -0.4 is 15.0 Å². The van der Waals surface area contributed by atoms with Crippen LogP contribution in [-0.4, -0.2) is 58.1 Å². The molecular formula is C34H39N3O8S. The molecule has 11 nitrogen and oxygen atoms in total. The summed E-state index contributed by atoms with van der Waals surface area (Å²) in [6.07, 6.45) is 7.42. The highest BCUT2D eigenvalue weighted by Crippen LogP contribution is 2.48. The van der Waals surface area contributed by atoms with Crippen molar-refractivity contribution in [3.8, 4) is 22.5 Å². The molecule has 2 bridgehead atoms. The number of hydrogen-bond donors (Lipinski definition) is 0. The maximum atomic E-state index is 14.4. The zero-order valence-electron chi connectivity index (χ0n) is 26.7. The second-order valence-electron chi connectivity index (χ2n) is 13.4. The van der Waals surface area contributed by atoms with Gasteiger partial charge >= 0.3 is 12.0 Å². The van der Waals surface area contributed by atoms with Gasteiger partial charge in [0.15, 0.2) is 0 Å². The third kappa shape index (κ3) is 5.71. The van der Waals surface area contributed by atoms with Crippen LogP contribution in [0.2, 0.25) is 0 Å². The number of oxazole rings is 1. The molecule has 3 aliphatic rings. The molecule has 1 saturated carbocycles. The lowest BCUT2D eigenvalue weighted by molar-refractivity contribution is -0.161. The lowest BCUT2D eigenvalue weighted by Gasteiger charge is -2.32. The molecule has 1 aliphatic carbocycles. The summed E-state index contributed by atoms with van der Waals surface area (Å²) in [7, 11) is 1.63.